The van der Waals surface area contributed by atoms with Crippen molar-refractivity contribution in [2.24, 2.45) is 0 Å². The molecule has 1 saturated heterocycles. The molecule has 0 spiro atoms. The molecule has 2 aromatic rings. The maximum absolute atomic E-state index is 14.1. The highest BCUT2D eigenvalue weighted by Crippen LogP contribution is 2.24. The number of halogens is 2. The zero-order valence-electron chi connectivity index (χ0n) is 15.1. The summed E-state index contributed by atoms with van der Waals surface area (Å²) in [5, 5.41) is 0.239. The summed E-state index contributed by atoms with van der Waals surface area (Å²) < 4.78 is 19.2. The summed E-state index contributed by atoms with van der Waals surface area (Å²) in [4.78, 5) is 28.3. The molecule has 0 aromatic heterocycles. The molecule has 0 N–H and O–H groups in total. The minimum Gasteiger partial charge on any atom is -0.497 e. The fraction of sp³-hybridized carbons (Fsp3) is 0.300. The molecule has 0 saturated carbocycles. The Morgan fingerprint density at radius 2 is 1.85 bits per heavy atom. The van der Waals surface area contributed by atoms with Crippen molar-refractivity contribution >= 4 is 23.4 Å². The van der Waals surface area contributed by atoms with Gasteiger partial charge in [-0.1, -0.05) is 29.8 Å². The van der Waals surface area contributed by atoms with Gasteiger partial charge in [-0.2, -0.15) is 0 Å². The lowest BCUT2D eigenvalue weighted by Gasteiger charge is -2.39. The Bertz CT molecular complexity index is 837. The van der Waals surface area contributed by atoms with Crippen LogP contribution < -0.4 is 4.74 Å². The minimum atomic E-state index is -0.694. The Labute approximate surface area is 162 Å². The zero-order valence-corrected chi connectivity index (χ0v) is 15.9. The third-order valence-corrected chi connectivity index (χ3v) is 5.06. The molecular weight excluding hydrogens is 371 g/mol. The first kappa shape index (κ1) is 19.2. The average molecular weight is 391 g/mol. The van der Waals surface area contributed by atoms with Crippen LogP contribution in [0.15, 0.2) is 42.5 Å². The van der Waals surface area contributed by atoms with Crippen molar-refractivity contribution in [3.05, 3.63) is 64.4 Å². The van der Waals surface area contributed by atoms with E-state index in [2.05, 4.69) is 0 Å². The minimum absolute atomic E-state index is 0.0341. The molecule has 2 amide bonds. The normalized spacial score (nSPS) is 17.4. The predicted molar refractivity (Wildman–Crippen MR) is 99.8 cm³/mol. The number of benzene rings is 2. The molecule has 3 rings (SSSR count). The van der Waals surface area contributed by atoms with Crippen LogP contribution in [-0.4, -0.2) is 41.3 Å². The van der Waals surface area contributed by atoms with Gasteiger partial charge in [-0.15, -0.1) is 0 Å². The van der Waals surface area contributed by atoms with Gasteiger partial charge in [0.25, 0.3) is 0 Å². The van der Waals surface area contributed by atoms with E-state index in [1.807, 2.05) is 24.3 Å². The topological polar surface area (TPSA) is 49.9 Å². The quantitative estimate of drug-likeness (QED) is 0.787. The fourth-order valence-corrected chi connectivity index (χ4v) is 3.33. The number of methoxy groups -OCH3 is 1. The monoisotopic (exact) mass is 390 g/mol. The maximum atomic E-state index is 14.1. The van der Waals surface area contributed by atoms with E-state index in [1.165, 1.54) is 21.9 Å². The highest BCUT2D eigenvalue weighted by atomic mass is 35.5. The lowest BCUT2D eigenvalue weighted by atomic mass is 10.1. The van der Waals surface area contributed by atoms with Gasteiger partial charge in [0.1, 0.15) is 24.2 Å². The number of carbonyl (C=O) groups excluding carboxylic acids is 2. The van der Waals surface area contributed by atoms with Crippen LogP contribution in [0.4, 0.5) is 4.39 Å². The molecule has 5 nitrogen and oxygen atoms in total. The summed E-state index contributed by atoms with van der Waals surface area (Å²) in [5.74, 6) is -0.190. The first-order valence-electron chi connectivity index (χ1n) is 8.54. The van der Waals surface area contributed by atoms with Crippen molar-refractivity contribution < 1.29 is 18.7 Å². The van der Waals surface area contributed by atoms with E-state index in [4.69, 9.17) is 16.3 Å². The molecule has 0 aliphatic carbocycles. The Kier molecular flexibility index (Phi) is 5.65. The van der Waals surface area contributed by atoms with Gasteiger partial charge in [0.15, 0.2) is 0 Å². The van der Waals surface area contributed by atoms with Crippen LogP contribution in [0.5, 0.6) is 5.75 Å². The number of hydrogen-bond donors (Lipinski definition) is 0. The van der Waals surface area contributed by atoms with Gasteiger partial charge in [0.05, 0.1) is 13.7 Å². The third-order valence-electron chi connectivity index (χ3n) is 4.71. The Morgan fingerprint density at radius 1 is 1.15 bits per heavy atom. The molecular formula is C20H20ClFN2O3. The van der Waals surface area contributed by atoms with Gasteiger partial charge < -0.3 is 14.5 Å². The van der Waals surface area contributed by atoms with Gasteiger partial charge in [0, 0.05) is 17.1 Å². The van der Waals surface area contributed by atoms with Gasteiger partial charge in [0.2, 0.25) is 11.8 Å². The molecule has 0 unspecified atom stereocenters. The first-order chi connectivity index (χ1) is 12.9. The van der Waals surface area contributed by atoms with E-state index in [9.17, 15) is 14.0 Å². The van der Waals surface area contributed by atoms with Crippen molar-refractivity contribution in [2.45, 2.75) is 26.1 Å². The van der Waals surface area contributed by atoms with E-state index in [-0.39, 0.29) is 35.5 Å². The van der Waals surface area contributed by atoms with Crippen molar-refractivity contribution in [1.29, 1.82) is 0 Å². The largest absolute Gasteiger partial charge is 0.497 e. The molecule has 1 aliphatic heterocycles. The van der Waals surface area contributed by atoms with Crippen LogP contribution in [0.1, 0.15) is 18.1 Å². The molecule has 1 atom stereocenters. The van der Waals surface area contributed by atoms with E-state index in [0.717, 1.165) is 11.3 Å². The number of rotatable bonds is 5. The molecule has 2 aromatic carbocycles. The maximum Gasteiger partial charge on any atom is 0.245 e. The zero-order chi connectivity index (χ0) is 19.6. The number of piperazine rings is 1. The van der Waals surface area contributed by atoms with Crippen LogP contribution in [0.3, 0.4) is 0 Å². The molecule has 1 heterocycles. The standard InChI is InChI=1S/C20H20ClFN2O3/c1-13-20(26)23(10-14-6-8-15(27-2)9-7-14)12-19(25)24(13)11-16-17(21)4-3-5-18(16)22/h3-9,13H,10-12H2,1-2H3/t13-/m0/s1. The van der Waals surface area contributed by atoms with Crippen molar-refractivity contribution in [2.75, 3.05) is 13.7 Å². The molecule has 0 radical (unpaired) electrons. The van der Waals surface area contributed by atoms with Gasteiger partial charge in [-0.3, -0.25) is 9.59 Å². The van der Waals surface area contributed by atoms with Crippen LogP contribution in [0, 0.1) is 5.82 Å². The summed E-state index contributed by atoms with van der Waals surface area (Å²) in [6.45, 7) is 1.89. The molecule has 1 aliphatic rings. The number of amides is 2. The second-order valence-electron chi connectivity index (χ2n) is 6.44. The van der Waals surface area contributed by atoms with Crippen molar-refractivity contribution in [1.82, 2.24) is 9.80 Å². The second kappa shape index (κ2) is 7.96. The van der Waals surface area contributed by atoms with E-state index in [1.54, 1.807) is 20.1 Å². The van der Waals surface area contributed by atoms with Crippen molar-refractivity contribution in [3.63, 3.8) is 0 Å². The molecule has 7 heteroatoms. The molecule has 0 bridgehead atoms. The summed E-state index contributed by atoms with van der Waals surface area (Å²) in [7, 11) is 1.58. The van der Waals surface area contributed by atoms with E-state index in [0.29, 0.717) is 6.54 Å². The number of ether oxygens (including phenoxy) is 1. The van der Waals surface area contributed by atoms with Crippen molar-refractivity contribution in [3.8, 4) is 5.75 Å². The smallest absolute Gasteiger partial charge is 0.245 e. The Hall–Kier alpha value is -2.60. The lowest BCUT2D eigenvalue weighted by Crippen LogP contribution is -2.58. The first-order valence-corrected chi connectivity index (χ1v) is 8.92. The highest BCUT2D eigenvalue weighted by molar-refractivity contribution is 6.31. The second-order valence-corrected chi connectivity index (χ2v) is 6.85. The third kappa shape index (κ3) is 4.06. The number of hydrogen-bond acceptors (Lipinski definition) is 3. The number of nitrogens with zero attached hydrogens (tertiary/aromatic N) is 2. The number of carbonyl (C=O) groups is 2. The summed E-state index contributed by atoms with van der Waals surface area (Å²) in [5.41, 5.74) is 1.12. The van der Waals surface area contributed by atoms with Crippen LogP contribution >= 0.6 is 11.6 Å². The predicted octanol–water partition coefficient (Wildman–Crippen LogP) is 3.25. The summed E-state index contributed by atoms with van der Waals surface area (Å²) in [6.07, 6.45) is 0. The van der Waals surface area contributed by atoms with E-state index >= 15 is 0 Å². The molecule has 27 heavy (non-hydrogen) atoms. The lowest BCUT2D eigenvalue weighted by molar-refractivity contribution is -0.156. The molecule has 1 fully saturated rings. The molecule has 142 valence electrons. The van der Waals surface area contributed by atoms with E-state index < -0.39 is 11.9 Å². The summed E-state index contributed by atoms with van der Waals surface area (Å²) in [6, 6.07) is 11.0. The summed E-state index contributed by atoms with van der Waals surface area (Å²) >= 11 is 6.06. The average Bonchev–Trinajstić information content (AvgIpc) is 2.65. The van der Waals surface area contributed by atoms with Gasteiger partial charge >= 0.3 is 0 Å². The Morgan fingerprint density at radius 3 is 2.48 bits per heavy atom. The van der Waals surface area contributed by atoms with Crippen LogP contribution in [-0.2, 0) is 22.7 Å². The van der Waals surface area contributed by atoms with Crippen LogP contribution in [0.25, 0.3) is 0 Å². The Balaban J connectivity index is 1.74. The SMILES string of the molecule is COc1ccc(CN2CC(=O)N(Cc3c(F)cccc3Cl)[C@@H](C)C2=O)cc1. The highest BCUT2D eigenvalue weighted by Gasteiger charge is 2.37. The van der Waals surface area contributed by atoms with Gasteiger partial charge in [-0.25, -0.2) is 4.39 Å². The van der Waals surface area contributed by atoms with Gasteiger partial charge in [-0.05, 0) is 36.8 Å². The fourth-order valence-electron chi connectivity index (χ4n) is 3.11. The van der Waals surface area contributed by atoms with Crippen LogP contribution in [0.2, 0.25) is 5.02 Å².